The van der Waals surface area contributed by atoms with Gasteiger partial charge in [0.15, 0.2) is 6.19 Å². The van der Waals surface area contributed by atoms with Gasteiger partial charge in [-0.3, -0.25) is 9.59 Å². The van der Waals surface area contributed by atoms with Crippen molar-refractivity contribution in [2.45, 2.75) is 39.0 Å². The van der Waals surface area contributed by atoms with Crippen LogP contribution in [0.3, 0.4) is 0 Å². The van der Waals surface area contributed by atoms with E-state index in [1.165, 1.54) is 0 Å². The van der Waals surface area contributed by atoms with E-state index >= 15 is 0 Å². The van der Waals surface area contributed by atoms with Gasteiger partial charge in [0.05, 0.1) is 6.61 Å². The fraction of sp³-hybridized carbons (Fsp3) is 0.750. The van der Waals surface area contributed by atoms with Gasteiger partial charge in [-0.1, -0.05) is 19.3 Å². The Morgan fingerprint density at radius 2 is 2.00 bits per heavy atom. The van der Waals surface area contributed by atoms with Crippen molar-refractivity contribution < 1.29 is 14.3 Å². The SMILES string of the molecule is CCOC(=O)CN(C#N)C(=O)C1CCCCC1. The van der Waals surface area contributed by atoms with Crippen LogP contribution in [0, 0.1) is 17.4 Å². The molecule has 5 nitrogen and oxygen atoms in total. The van der Waals surface area contributed by atoms with Crippen LogP contribution in [0.1, 0.15) is 39.0 Å². The molecule has 0 aliphatic heterocycles. The smallest absolute Gasteiger partial charge is 0.326 e. The van der Waals surface area contributed by atoms with Gasteiger partial charge in [-0.05, 0) is 19.8 Å². The average molecular weight is 238 g/mol. The van der Waals surface area contributed by atoms with Gasteiger partial charge >= 0.3 is 5.97 Å². The predicted octanol–water partition coefficient (Wildman–Crippen LogP) is 1.44. The Bertz CT molecular complexity index is 316. The topological polar surface area (TPSA) is 70.4 Å². The van der Waals surface area contributed by atoms with Crippen LogP contribution in [0.4, 0.5) is 0 Å². The summed E-state index contributed by atoms with van der Waals surface area (Å²) in [5.74, 6) is -0.865. The zero-order chi connectivity index (χ0) is 12.7. The number of rotatable bonds is 4. The van der Waals surface area contributed by atoms with E-state index < -0.39 is 5.97 Å². The lowest BCUT2D eigenvalue weighted by Crippen LogP contribution is -2.37. The molecule has 1 fully saturated rings. The molecule has 1 amide bonds. The summed E-state index contributed by atoms with van der Waals surface area (Å²) in [6.45, 7) is 1.69. The van der Waals surface area contributed by atoms with Crippen LogP contribution in [0.25, 0.3) is 0 Å². The molecule has 0 atom stereocenters. The number of esters is 1. The number of ether oxygens (including phenoxy) is 1. The molecule has 0 aromatic carbocycles. The Balaban J connectivity index is 2.51. The van der Waals surface area contributed by atoms with Crippen molar-refractivity contribution in [3.05, 3.63) is 0 Å². The van der Waals surface area contributed by atoms with Crippen LogP contribution < -0.4 is 0 Å². The molecule has 0 heterocycles. The van der Waals surface area contributed by atoms with Gasteiger partial charge in [0.25, 0.3) is 0 Å². The van der Waals surface area contributed by atoms with Gasteiger partial charge in [0.1, 0.15) is 6.54 Å². The lowest BCUT2D eigenvalue weighted by Gasteiger charge is -2.23. The van der Waals surface area contributed by atoms with Crippen molar-refractivity contribution in [1.29, 1.82) is 5.26 Å². The standard InChI is InChI=1S/C12H18N2O3/c1-2-17-11(15)8-14(9-13)12(16)10-6-4-3-5-7-10/h10H,2-8H2,1H3. The Morgan fingerprint density at radius 3 is 2.53 bits per heavy atom. The maximum Gasteiger partial charge on any atom is 0.326 e. The average Bonchev–Trinajstić information content (AvgIpc) is 2.36. The molecule has 0 spiro atoms. The van der Waals surface area contributed by atoms with Crippen LogP contribution in [-0.2, 0) is 14.3 Å². The van der Waals surface area contributed by atoms with Crippen molar-refractivity contribution in [2.24, 2.45) is 5.92 Å². The van der Waals surface area contributed by atoms with E-state index in [9.17, 15) is 9.59 Å². The molecule has 1 aliphatic rings. The van der Waals surface area contributed by atoms with E-state index in [1.54, 1.807) is 13.1 Å². The van der Waals surface area contributed by atoms with E-state index in [0.29, 0.717) is 0 Å². The van der Waals surface area contributed by atoms with Crippen molar-refractivity contribution in [1.82, 2.24) is 4.90 Å². The van der Waals surface area contributed by atoms with Gasteiger partial charge in [-0.15, -0.1) is 0 Å². The molecular formula is C12H18N2O3. The van der Waals surface area contributed by atoms with Crippen molar-refractivity contribution >= 4 is 11.9 Å². The Kier molecular flexibility index (Phi) is 5.47. The van der Waals surface area contributed by atoms with Gasteiger partial charge in [0.2, 0.25) is 5.91 Å². The summed E-state index contributed by atoms with van der Waals surface area (Å²) in [5.41, 5.74) is 0. The molecule has 0 N–H and O–H groups in total. The lowest BCUT2D eigenvalue weighted by atomic mass is 9.88. The molecule has 0 unspecified atom stereocenters. The van der Waals surface area contributed by atoms with Crippen molar-refractivity contribution in [2.75, 3.05) is 13.2 Å². The normalized spacial score (nSPS) is 16.0. The van der Waals surface area contributed by atoms with Crippen LogP contribution in [0.2, 0.25) is 0 Å². The lowest BCUT2D eigenvalue weighted by molar-refractivity contribution is -0.148. The molecule has 0 radical (unpaired) electrons. The highest BCUT2D eigenvalue weighted by atomic mass is 16.5. The fourth-order valence-corrected chi connectivity index (χ4v) is 2.07. The quantitative estimate of drug-likeness (QED) is 0.422. The van der Waals surface area contributed by atoms with Gasteiger partial charge in [-0.25, -0.2) is 4.90 Å². The van der Waals surface area contributed by atoms with E-state index in [0.717, 1.165) is 37.0 Å². The molecule has 1 saturated carbocycles. The van der Waals surface area contributed by atoms with E-state index in [2.05, 4.69) is 0 Å². The maximum atomic E-state index is 12.0. The first-order valence-corrected chi connectivity index (χ1v) is 6.05. The molecule has 5 heteroatoms. The molecule has 0 saturated heterocycles. The Hall–Kier alpha value is -1.57. The van der Waals surface area contributed by atoms with Gasteiger partial charge in [-0.2, -0.15) is 5.26 Å². The first kappa shape index (κ1) is 13.5. The number of carbonyl (C=O) groups excluding carboxylic acids is 2. The van der Waals surface area contributed by atoms with E-state index in [-0.39, 0.29) is 25.0 Å². The number of nitrogens with zero attached hydrogens (tertiary/aromatic N) is 2. The minimum absolute atomic E-state index is 0.0992. The first-order chi connectivity index (χ1) is 8.19. The summed E-state index contributed by atoms with van der Waals surface area (Å²) in [7, 11) is 0. The molecule has 1 rings (SSSR count). The molecule has 0 bridgehead atoms. The Morgan fingerprint density at radius 1 is 1.35 bits per heavy atom. The fourth-order valence-electron chi connectivity index (χ4n) is 2.07. The van der Waals surface area contributed by atoms with E-state index in [4.69, 9.17) is 10.00 Å². The predicted molar refractivity (Wildman–Crippen MR) is 60.5 cm³/mol. The molecule has 94 valence electrons. The summed E-state index contributed by atoms with van der Waals surface area (Å²) < 4.78 is 4.73. The van der Waals surface area contributed by atoms with Crippen LogP contribution >= 0.6 is 0 Å². The second-order valence-corrected chi connectivity index (χ2v) is 4.16. The first-order valence-electron chi connectivity index (χ1n) is 6.05. The zero-order valence-electron chi connectivity index (χ0n) is 10.1. The third-order valence-electron chi connectivity index (χ3n) is 2.93. The second-order valence-electron chi connectivity index (χ2n) is 4.16. The molecule has 1 aliphatic carbocycles. The van der Waals surface area contributed by atoms with Crippen LogP contribution in [-0.4, -0.2) is 29.9 Å². The summed E-state index contributed by atoms with van der Waals surface area (Å²) in [4.78, 5) is 24.1. The van der Waals surface area contributed by atoms with Crippen molar-refractivity contribution in [3.8, 4) is 6.19 Å². The van der Waals surface area contributed by atoms with Crippen LogP contribution in [0.15, 0.2) is 0 Å². The molecular weight excluding hydrogens is 220 g/mol. The number of hydrogen-bond acceptors (Lipinski definition) is 4. The third kappa shape index (κ3) is 4.06. The molecule has 0 aromatic rings. The highest BCUT2D eigenvalue weighted by Crippen LogP contribution is 2.25. The third-order valence-corrected chi connectivity index (χ3v) is 2.93. The van der Waals surface area contributed by atoms with Gasteiger partial charge < -0.3 is 4.74 Å². The largest absolute Gasteiger partial charge is 0.465 e. The number of amides is 1. The minimum Gasteiger partial charge on any atom is -0.465 e. The monoisotopic (exact) mass is 238 g/mol. The number of nitriles is 1. The summed E-state index contributed by atoms with van der Waals surface area (Å²) in [5, 5.41) is 8.89. The van der Waals surface area contributed by atoms with Crippen LogP contribution in [0.5, 0.6) is 0 Å². The summed E-state index contributed by atoms with van der Waals surface area (Å²) in [6, 6.07) is 0. The summed E-state index contributed by atoms with van der Waals surface area (Å²) >= 11 is 0. The van der Waals surface area contributed by atoms with E-state index in [1.807, 2.05) is 0 Å². The zero-order valence-corrected chi connectivity index (χ0v) is 10.1. The molecule has 17 heavy (non-hydrogen) atoms. The highest BCUT2D eigenvalue weighted by molar-refractivity contribution is 5.85. The van der Waals surface area contributed by atoms with Gasteiger partial charge in [0, 0.05) is 5.92 Å². The number of carbonyl (C=O) groups is 2. The molecule has 0 aromatic heterocycles. The Labute approximate surface area is 101 Å². The minimum atomic E-state index is -0.529. The maximum absolute atomic E-state index is 12.0. The summed E-state index contributed by atoms with van der Waals surface area (Å²) in [6.07, 6.45) is 6.60. The highest BCUT2D eigenvalue weighted by Gasteiger charge is 2.27. The van der Waals surface area contributed by atoms with Crippen molar-refractivity contribution in [3.63, 3.8) is 0 Å². The number of hydrogen-bond donors (Lipinski definition) is 0. The second kappa shape index (κ2) is 6.89.